The van der Waals surface area contributed by atoms with Crippen molar-refractivity contribution in [3.63, 3.8) is 0 Å². The van der Waals surface area contributed by atoms with Crippen molar-refractivity contribution in [1.29, 1.82) is 0 Å². The summed E-state index contributed by atoms with van der Waals surface area (Å²) in [6.07, 6.45) is 1.61. The molecule has 0 spiro atoms. The molecule has 1 atom stereocenters. The van der Waals surface area contributed by atoms with E-state index in [0.29, 0.717) is 23.1 Å². The Bertz CT molecular complexity index is 1190. The van der Waals surface area contributed by atoms with Crippen LogP contribution in [0.15, 0.2) is 51.8 Å². The fraction of sp³-hybridized carbons (Fsp3) is 0.348. The standard InChI is InChI=1S/C23H25NO5S/c1-4-28-23(25)22-16(3)19-14-18(11-12-21(19)29-22)30(26,27)24-13-5-6-20(24)17-9-7-15(2)8-10-17/h7-12,14,20H,4-6,13H2,1-3H3/t20-/m1/s1. The number of sulfonamides is 1. The van der Waals surface area contributed by atoms with Gasteiger partial charge in [-0.15, -0.1) is 0 Å². The third-order valence-corrected chi connectivity index (χ3v) is 7.55. The Kier molecular flexibility index (Phi) is 5.42. The Hall–Kier alpha value is -2.64. The van der Waals surface area contributed by atoms with Crippen LogP contribution in [-0.4, -0.2) is 31.8 Å². The SMILES string of the molecule is CCOC(=O)c1oc2ccc(S(=O)(=O)N3CCC[C@@H]3c3ccc(C)cc3)cc2c1C. The van der Waals surface area contributed by atoms with Crippen molar-refractivity contribution >= 4 is 27.0 Å². The van der Waals surface area contributed by atoms with E-state index in [0.717, 1.165) is 24.0 Å². The Balaban J connectivity index is 1.72. The summed E-state index contributed by atoms with van der Waals surface area (Å²) in [6, 6.07) is 12.6. The van der Waals surface area contributed by atoms with Crippen LogP contribution in [-0.2, 0) is 14.8 Å². The van der Waals surface area contributed by atoms with Gasteiger partial charge in [0.1, 0.15) is 5.58 Å². The molecule has 1 aliphatic rings. The topological polar surface area (TPSA) is 76.8 Å². The van der Waals surface area contributed by atoms with Gasteiger partial charge in [-0.2, -0.15) is 4.31 Å². The molecule has 2 aromatic carbocycles. The lowest BCUT2D eigenvalue weighted by atomic mass is 10.0. The number of furan rings is 1. The summed E-state index contributed by atoms with van der Waals surface area (Å²) in [4.78, 5) is 12.3. The number of esters is 1. The summed E-state index contributed by atoms with van der Waals surface area (Å²) < 4.78 is 39.2. The van der Waals surface area contributed by atoms with E-state index in [1.807, 2.05) is 31.2 Å². The summed E-state index contributed by atoms with van der Waals surface area (Å²) >= 11 is 0. The van der Waals surface area contributed by atoms with Crippen LogP contribution < -0.4 is 0 Å². The van der Waals surface area contributed by atoms with Gasteiger partial charge in [-0.3, -0.25) is 0 Å². The normalized spacial score (nSPS) is 17.5. The van der Waals surface area contributed by atoms with Gasteiger partial charge in [-0.05, 0) is 57.4 Å². The molecule has 2 heterocycles. The van der Waals surface area contributed by atoms with Crippen molar-refractivity contribution in [3.05, 3.63) is 64.9 Å². The second-order valence-corrected chi connectivity index (χ2v) is 9.51. The maximum absolute atomic E-state index is 13.5. The van der Waals surface area contributed by atoms with Gasteiger partial charge in [0, 0.05) is 17.5 Å². The van der Waals surface area contributed by atoms with E-state index in [2.05, 4.69) is 0 Å². The number of ether oxygens (including phenoxy) is 1. The van der Waals surface area contributed by atoms with Gasteiger partial charge in [-0.25, -0.2) is 13.2 Å². The molecular formula is C23H25NO5S. The number of hydrogen-bond donors (Lipinski definition) is 0. The van der Waals surface area contributed by atoms with Crippen LogP contribution in [0.3, 0.4) is 0 Å². The van der Waals surface area contributed by atoms with Crippen molar-refractivity contribution < 1.29 is 22.4 Å². The summed E-state index contributed by atoms with van der Waals surface area (Å²) in [5.41, 5.74) is 3.19. The second-order valence-electron chi connectivity index (χ2n) is 7.62. The van der Waals surface area contributed by atoms with Crippen LogP contribution in [0.4, 0.5) is 0 Å². The first-order valence-electron chi connectivity index (χ1n) is 10.1. The first-order valence-corrected chi connectivity index (χ1v) is 11.6. The quantitative estimate of drug-likeness (QED) is 0.549. The molecule has 0 unspecified atom stereocenters. The first kappa shape index (κ1) is 20.6. The highest BCUT2D eigenvalue weighted by Gasteiger charge is 2.36. The number of rotatable bonds is 5. The highest BCUT2D eigenvalue weighted by atomic mass is 32.2. The molecular weight excluding hydrogens is 402 g/mol. The minimum atomic E-state index is -3.70. The van der Waals surface area contributed by atoms with Gasteiger partial charge in [0.2, 0.25) is 15.8 Å². The molecule has 0 N–H and O–H groups in total. The predicted octanol–water partition coefficient (Wildman–Crippen LogP) is 4.75. The van der Waals surface area contributed by atoms with Gasteiger partial charge in [-0.1, -0.05) is 29.8 Å². The van der Waals surface area contributed by atoms with Crippen LogP contribution in [0.1, 0.15) is 53.1 Å². The van der Waals surface area contributed by atoms with Crippen molar-refractivity contribution in [2.45, 2.75) is 44.6 Å². The van der Waals surface area contributed by atoms with Crippen LogP contribution in [0.2, 0.25) is 0 Å². The van der Waals surface area contributed by atoms with Crippen LogP contribution >= 0.6 is 0 Å². The zero-order valence-corrected chi connectivity index (χ0v) is 18.2. The lowest BCUT2D eigenvalue weighted by Crippen LogP contribution is -2.30. The highest BCUT2D eigenvalue weighted by molar-refractivity contribution is 7.89. The van der Waals surface area contributed by atoms with Crippen LogP contribution in [0, 0.1) is 13.8 Å². The number of carbonyl (C=O) groups is 1. The number of carbonyl (C=O) groups excluding carboxylic acids is 1. The van der Waals surface area contributed by atoms with E-state index in [1.165, 1.54) is 0 Å². The Morgan fingerprint density at radius 2 is 1.90 bits per heavy atom. The minimum absolute atomic E-state index is 0.111. The third-order valence-electron chi connectivity index (χ3n) is 5.64. The molecule has 0 aliphatic carbocycles. The van der Waals surface area contributed by atoms with Crippen molar-refractivity contribution in [3.8, 4) is 0 Å². The minimum Gasteiger partial charge on any atom is -0.460 e. The van der Waals surface area contributed by atoms with Crippen molar-refractivity contribution in [1.82, 2.24) is 4.31 Å². The van der Waals surface area contributed by atoms with Crippen LogP contribution in [0.5, 0.6) is 0 Å². The molecule has 3 aromatic rings. The fourth-order valence-electron chi connectivity index (χ4n) is 4.04. The van der Waals surface area contributed by atoms with E-state index >= 15 is 0 Å². The van der Waals surface area contributed by atoms with Gasteiger partial charge in [0.15, 0.2) is 0 Å². The number of fused-ring (bicyclic) bond motifs is 1. The van der Waals surface area contributed by atoms with Crippen molar-refractivity contribution in [2.24, 2.45) is 0 Å². The van der Waals surface area contributed by atoms with E-state index in [9.17, 15) is 13.2 Å². The first-order chi connectivity index (χ1) is 14.3. The maximum atomic E-state index is 13.5. The zero-order valence-electron chi connectivity index (χ0n) is 17.3. The largest absolute Gasteiger partial charge is 0.460 e. The summed E-state index contributed by atoms with van der Waals surface area (Å²) in [5, 5.41) is 0.602. The molecule has 1 aliphatic heterocycles. The van der Waals surface area contributed by atoms with E-state index in [4.69, 9.17) is 9.15 Å². The molecule has 1 saturated heterocycles. The van der Waals surface area contributed by atoms with Crippen LogP contribution in [0.25, 0.3) is 11.0 Å². The predicted molar refractivity (Wildman–Crippen MR) is 114 cm³/mol. The monoisotopic (exact) mass is 427 g/mol. The van der Waals surface area contributed by atoms with Gasteiger partial charge in [0.25, 0.3) is 0 Å². The Labute approximate surface area is 176 Å². The molecule has 1 aromatic heterocycles. The fourth-order valence-corrected chi connectivity index (χ4v) is 5.75. The summed E-state index contributed by atoms with van der Waals surface area (Å²) in [5.74, 6) is -0.435. The van der Waals surface area contributed by atoms with Gasteiger partial charge >= 0.3 is 5.97 Å². The molecule has 0 saturated carbocycles. The Morgan fingerprint density at radius 3 is 2.60 bits per heavy atom. The number of aryl methyl sites for hydroxylation is 2. The second kappa shape index (κ2) is 7.89. The molecule has 7 heteroatoms. The van der Waals surface area contributed by atoms with Gasteiger partial charge in [0.05, 0.1) is 17.5 Å². The molecule has 6 nitrogen and oxygen atoms in total. The molecule has 30 heavy (non-hydrogen) atoms. The molecule has 1 fully saturated rings. The molecule has 0 radical (unpaired) electrons. The van der Waals surface area contributed by atoms with E-state index < -0.39 is 16.0 Å². The molecule has 158 valence electrons. The maximum Gasteiger partial charge on any atom is 0.374 e. The highest BCUT2D eigenvalue weighted by Crippen LogP contribution is 2.38. The van der Waals surface area contributed by atoms with Gasteiger partial charge < -0.3 is 9.15 Å². The third kappa shape index (κ3) is 3.52. The van der Waals surface area contributed by atoms with E-state index in [1.54, 1.807) is 36.4 Å². The molecule has 0 amide bonds. The molecule has 0 bridgehead atoms. The van der Waals surface area contributed by atoms with Crippen molar-refractivity contribution in [2.75, 3.05) is 13.2 Å². The Morgan fingerprint density at radius 1 is 1.17 bits per heavy atom. The lowest BCUT2D eigenvalue weighted by Gasteiger charge is -2.24. The average Bonchev–Trinajstić information content (AvgIpc) is 3.34. The van der Waals surface area contributed by atoms with E-state index in [-0.39, 0.29) is 23.3 Å². The zero-order chi connectivity index (χ0) is 21.5. The summed E-state index contributed by atoms with van der Waals surface area (Å²) in [6.45, 7) is 6.20. The number of hydrogen-bond acceptors (Lipinski definition) is 5. The average molecular weight is 428 g/mol. The number of nitrogens with zero attached hydrogens (tertiary/aromatic N) is 1. The lowest BCUT2D eigenvalue weighted by molar-refractivity contribution is 0.0491. The summed E-state index contributed by atoms with van der Waals surface area (Å²) in [7, 11) is -3.70. The smallest absolute Gasteiger partial charge is 0.374 e. The molecule has 4 rings (SSSR count). The number of benzene rings is 2.